The Morgan fingerprint density at radius 1 is 0.571 bits per heavy atom. The van der Waals surface area contributed by atoms with Gasteiger partial charge >= 0.3 is 7.12 Å². The standard InChI is InChI=1S/C37H32BNO2S/c1-36(2)37(3,4)41-38(40-36)30-20-18-25(19-21-30)26-10-7-11-27(22-26)28-12-8-13-29(23-28)31-14-9-17-34-32(31)24-39-33-15-5-6-16-35(33)42-34/h5-24H,1-4H3. The lowest BCUT2D eigenvalue weighted by Crippen LogP contribution is -2.41. The van der Waals surface area contributed by atoms with Crippen LogP contribution in [0.5, 0.6) is 0 Å². The van der Waals surface area contributed by atoms with Crippen LogP contribution >= 0.6 is 11.8 Å². The summed E-state index contributed by atoms with van der Waals surface area (Å²) in [6.07, 6.45) is 2.02. The van der Waals surface area contributed by atoms with E-state index < -0.39 is 0 Å². The fourth-order valence-corrected chi connectivity index (χ4v) is 6.51. The van der Waals surface area contributed by atoms with Crippen molar-refractivity contribution in [3.8, 4) is 33.4 Å². The van der Waals surface area contributed by atoms with Crippen LogP contribution in [0.4, 0.5) is 5.69 Å². The molecule has 1 fully saturated rings. The van der Waals surface area contributed by atoms with Crippen LogP contribution in [0.1, 0.15) is 33.3 Å². The highest BCUT2D eigenvalue weighted by atomic mass is 32.2. The Balaban J connectivity index is 1.17. The zero-order valence-corrected chi connectivity index (χ0v) is 25.1. The first-order valence-corrected chi connectivity index (χ1v) is 15.2. The van der Waals surface area contributed by atoms with Crippen molar-refractivity contribution in [2.75, 3.05) is 0 Å². The molecular formula is C37H32BNO2S. The highest BCUT2D eigenvalue weighted by Crippen LogP contribution is 2.42. The Kier molecular flexibility index (Phi) is 6.70. The Hall–Kier alpha value is -3.90. The molecule has 0 N–H and O–H groups in total. The molecule has 206 valence electrons. The van der Waals surface area contributed by atoms with Gasteiger partial charge < -0.3 is 9.31 Å². The van der Waals surface area contributed by atoms with E-state index in [1.165, 1.54) is 37.6 Å². The normalized spacial score (nSPS) is 16.5. The van der Waals surface area contributed by atoms with E-state index in [0.717, 1.165) is 22.3 Å². The van der Waals surface area contributed by atoms with Gasteiger partial charge in [0.25, 0.3) is 0 Å². The van der Waals surface area contributed by atoms with Crippen molar-refractivity contribution in [1.82, 2.24) is 0 Å². The van der Waals surface area contributed by atoms with Crippen molar-refractivity contribution in [3.05, 3.63) is 121 Å². The first kappa shape index (κ1) is 27.0. The van der Waals surface area contributed by atoms with Crippen LogP contribution in [0, 0.1) is 0 Å². The molecule has 0 aromatic heterocycles. The highest BCUT2D eigenvalue weighted by molar-refractivity contribution is 7.99. The molecule has 5 heteroatoms. The summed E-state index contributed by atoms with van der Waals surface area (Å²) in [5.74, 6) is 0. The molecule has 2 aliphatic heterocycles. The predicted molar refractivity (Wildman–Crippen MR) is 176 cm³/mol. The number of nitrogens with zero attached hydrogens (tertiary/aromatic N) is 1. The van der Waals surface area contributed by atoms with E-state index in [4.69, 9.17) is 14.3 Å². The van der Waals surface area contributed by atoms with Gasteiger partial charge in [-0.1, -0.05) is 96.7 Å². The van der Waals surface area contributed by atoms with Gasteiger partial charge in [-0.2, -0.15) is 0 Å². The first-order valence-electron chi connectivity index (χ1n) is 14.4. The van der Waals surface area contributed by atoms with Gasteiger partial charge in [0.1, 0.15) is 0 Å². The molecule has 7 rings (SSSR count). The molecule has 0 unspecified atom stereocenters. The van der Waals surface area contributed by atoms with Crippen LogP contribution in [-0.4, -0.2) is 24.5 Å². The zero-order valence-electron chi connectivity index (χ0n) is 24.3. The second kappa shape index (κ2) is 10.4. The second-order valence-corrected chi connectivity index (χ2v) is 13.0. The number of fused-ring (bicyclic) bond motifs is 2. The molecule has 3 nitrogen and oxygen atoms in total. The number of rotatable bonds is 4. The maximum absolute atomic E-state index is 6.25. The number of aliphatic imine (C=N–C) groups is 1. The quantitative estimate of drug-likeness (QED) is 0.200. The third-order valence-electron chi connectivity index (χ3n) is 8.62. The smallest absolute Gasteiger partial charge is 0.399 e. The molecule has 2 aliphatic rings. The first-order chi connectivity index (χ1) is 20.3. The monoisotopic (exact) mass is 565 g/mol. The van der Waals surface area contributed by atoms with Gasteiger partial charge in [-0.15, -0.1) is 0 Å². The molecule has 1 saturated heterocycles. The Bertz CT molecular complexity index is 1810. The molecule has 0 spiro atoms. The average Bonchev–Trinajstić information content (AvgIpc) is 3.12. The van der Waals surface area contributed by atoms with Crippen molar-refractivity contribution in [2.24, 2.45) is 4.99 Å². The van der Waals surface area contributed by atoms with E-state index in [9.17, 15) is 0 Å². The topological polar surface area (TPSA) is 30.8 Å². The lowest BCUT2D eigenvalue weighted by molar-refractivity contribution is 0.00578. The summed E-state index contributed by atoms with van der Waals surface area (Å²) in [6, 6.07) is 40.9. The van der Waals surface area contributed by atoms with E-state index in [-0.39, 0.29) is 18.3 Å². The van der Waals surface area contributed by atoms with Crippen LogP contribution < -0.4 is 5.46 Å². The second-order valence-electron chi connectivity index (χ2n) is 11.9. The summed E-state index contributed by atoms with van der Waals surface area (Å²) in [4.78, 5) is 7.22. The minimum Gasteiger partial charge on any atom is -0.399 e. The van der Waals surface area contributed by atoms with Gasteiger partial charge in [-0.3, -0.25) is 4.99 Å². The van der Waals surface area contributed by atoms with Crippen molar-refractivity contribution in [2.45, 2.75) is 48.7 Å². The zero-order chi connectivity index (χ0) is 28.9. The van der Waals surface area contributed by atoms with Crippen molar-refractivity contribution in [3.63, 3.8) is 0 Å². The van der Waals surface area contributed by atoms with Crippen LogP contribution in [0.2, 0.25) is 0 Å². The highest BCUT2D eigenvalue weighted by Gasteiger charge is 2.51. The van der Waals surface area contributed by atoms with Crippen molar-refractivity contribution in [1.29, 1.82) is 0 Å². The lowest BCUT2D eigenvalue weighted by Gasteiger charge is -2.32. The van der Waals surface area contributed by atoms with Gasteiger partial charge in [0, 0.05) is 21.6 Å². The SMILES string of the molecule is CC1(C)OB(c2ccc(-c3cccc(-c4cccc(-c5cccc6c5C=Nc5ccccc5S6)c4)c3)cc2)OC1(C)C. The molecule has 0 bridgehead atoms. The Labute approximate surface area is 252 Å². The summed E-state index contributed by atoms with van der Waals surface area (Å²) in [5.41, 5.74) is 9.57. The Morgan fingerprint density at radius 2 is 1.14 bits per heavy atom. The third-order valence-corrected chi connectivity index (χ3v) is 9.76. The van der Waals surface area contributed by atoms with Gasteiger partial charge in [-0.05, 0) is 96.9 Å². The van der Waals surface area contributed by atoms with Crippen molar-refractivity contribution < 1.29 is 9.31 Å². The van der Waals surface area contributed by atoms with E-state index in [1.807, 2.05) is 12.3 Å². The minimum atomic E-state index is -0.358. The van der Waals surface area contributed by atoms with E-state index in [2.05, 4.69) is 137 Å². The van der Waals surface area contributed by atoms with Crippen LogP contribution in [-0.2, 0) is 9.31 Å². The number of hydrogen-bond acceptors (Lipinski definition) is 4. The molecular weight excluding hydrogens is 533 g/mol. The minimum absolute atomic E-state index is 0.353. The molecule has 42 heavy (non-hydrogen) atoms. The molecule has 0 saturated carbocycles. The van der Waals surface area contributed by atoms with Gasteiger partial charge in [0.2, 0.25) is 0 Å². The maximum atomic E-state index is 6.25. The largest absolute Gasteiger partial charge is 0.494 e. The number of hydrogen-bond donors (Lipinski definition) is 0. The maximum Gasteiger partial charge on any atom is 0.494 e. The van der Waals surface area contributed by atoms with Crippen molar-refractivity contribution >= 4 is 36.2 Å². The molecule has 5 aromatic carbocycles. The van der Waals surface area contributed by atoms with Gasteiger partial charge in [0.05, 0.1) is 16.9 Å². The summed E-state index contributed by atoms with van der Waals surface area (Å²) >= 11 is 1.78. The van der Waals surface area contributed by atoms with Gasteiger partial charge in [-0.25, -0.2) is 0 Å². The summed E-state index contributed by atoms with van der Waals surface area (Å²) in [7, 11) is -0.358. The average molecular weight is 566 g/mol. The summed E-state index contributed by atoms with van der Waals surface area (Å²) in [5, 5.41) is 0. The fourth-order valence-electron chi connectivity index (χ4n) is 5.48. The van der Waals surface area contributed by atoms with Crippen LogP contribution in [0.25, 0.3) is 33.4 Å². The molecule has 0 amide bonds. The van der Waals surface area contributed by atoms with E-state index in [1.54, 1.807) is 11.8 Å². The number of benzene rings is 5. The fraction of sp³-hybridized carbons (Fsp3) is 0.162. The lowest BCUT2D eigenvalue weighted by atomic mass is 9.78. The summed E-state index contributed by atoms with van der Waals surface area (Å²) < 4.78 is 12.5. The number of para-hydroxylation sites is 1. The van der Waals surface area contributed by atoms with Crippen LogP contribution in [0.15, 0.2) is 130 Å². The predicted octanol–water partition coefficient (Wildman–Crippen LogP) is 9.20. The molecule has 0 atom stereocenters. The molecule has 0 aliphatic carbocycles. The van der Waals surface area contributed by atoms with Gasteiger partial charge in [0.15, 0.2) is 0 Å². The Morgan fingerprint density at radius 3 is 1.86 bits per heavy atom. The third kappa shape index (κ3) is 4.92. The molecule has 2 heterocycles. The van der Waals surface area contributed by atoms with E-state index >= 15 is 0 Å². The van der Waals surface area contributed by atoms with Crippen LogP contribution in [0.3, 0.4) is 0 Å². The molecule has 5 aromatic rings. The summed E-state index contributed by atoms with van der Waals surface area (Å²) in [6.45, 7) is 8.34. The van der Waals surface area contributed by atoms with E-state index in [0.29, 0.717) is 0 Å². The molecule has 0 radical (unpaired) electrons.